The fraction of sp³-hybridized carbons (Fsp3) is 0.571. The third-order valence-corrected chi connectivity index (χ3v) is 1.45. The number of ketones is 1. The van der Waals surface area contributed by atoms with Crippen molar-refractivity contribution >= 4 is 5.78 Å². The Morgan fingerprint density at radius 3 is 2.45 bits per heavy atom. The molecule has 0 fully saturated rings. The van der Waals surface area contributed by atoms with Crippen molar-refractivity contribution in [1.82, 2.24) is 5.32 Å². The molecule has 0 saturated heterocycles. The Hall–Kier alpha value is -1.03. The summed E-state index contributed by atoms with van der Waals surface area (Å²) in [5.74, 6) is -0.945. The zero-order chi connectivity index (χ0) is 8.59. The molecule has 62 valence electrons. The Labute approximate surface area is 64.5 Å². The topological polar surface area (TPSA) is 69.6 Å². The first-order valence-corrected chi connectivity index (χ1v) is 3.46. The normalized spacial score (nSPS) is 24.0. The van der Waals surface area contributed by atoms with Crippen LogP contribution in [0.25, 0.3) is 0 Å². The van der Waals surface area contributed by atoms with Crippen LogP contribution in [0.5, 0.6) is 0 Å². The first kappa shape index (κ1) is 8.07. The number of aliphatic hydroxyl groups is 2. The summed E-state index contributed by atoms with van der Waals surface area (Å²) in [5, 5.41) is 20.6. The summed E-state index contributed by atoms with van der Waals surface area (Å²) in [5.41, 5.74) is 0.241. The minimum absolute atomic E-state index is 0.106. The smallest absolute Gasteiger partial charge is 0.233 e. The van der Waals surface area contributed by atoms with Gasteiger partial charge in [-0.05, 0) is 13.8 Å². The predicted molar refractivity (Wildman–Crippen MR) is 38.9 cm³/mol. The van der Waals surface area contributed by atoms with Gasteiger partial charge >= 0.3 is 0 Å². The number of carbonyl (C=O) groups excluding carboxylic acids is 1. The molecule has 0 spiro atoms. The van der Waals surface area contributed by atoms with E-state index in [1.807, 2.05) is 13.8 Å². The second kappa shape index (κ2) is 2.54. The van der Waals surface area contributed by atoms with E-state index in [0.29, 0.717) is 0 Å². The second-order valence-corrected chi connectivity index (χ2v) is 2.83. The Morgan fingerprint density at radius 2 is 2.09 bits per heavy atom. The van der Waals surface area contributed by atoms with Gasteiger partial charge in [0.25, 0.3) is 0 Å². The van der Waals surface area contributed by atoms with Crippen LogP contribution >= 0.6 is 0 Å². The molecule has 11 heavy (non-hydrogen) atoms. The van der Waals surface area contributed by atoms with Gasteiger partial charge in [0.2, 0.25) is 5.78 Å². The number of Topliss-reactive ketones (excluding diaryl/α,β-unsaturated/α-hetero) is 1. The maximum atomic E-state index is 10.6. The summed E-state index contributed by atoms with van der Waals surface area (Å²) in [6, 6.07) is 0.106. The van der Waals surface area contributed by atoms with E-state index in [4.69, 9.17) is 10.2 Å². The molecule has 1 rings (SSSR count). The lowest BCUT2D eigenvalue weighted by Gasteiger charge is -2.26. The van der Waals surface area contributed by atoms with Crippen LogP contribution in [0.2, 0.25) is 0 Å². The van der Waals surface area contributed by atoms with Gasteiger partial charge in [-0.2, -0.15) is 0 Å². The lowest BCUT2D eigenvalue weighted by molar-refractivity contribution is -0.128. The van der Waals surface area contributed by atoms with Gasteiger partial charge < -0.3 is 15.5 Å². The fourth-order valence-corrected chi connectivity index (χ4v) is 0.903. The average molecular weight is 157 g/mol. The zero-order valence-corrected chi connectivity index (χ0v) is 6.46. The molecule has 3 N–H and O–H groups in total. The molecule has 0 bridgehead atoms. The number of hydrogen-bond donors (Lipinski definition) is 3. The van der Waals surface area contributed by atoms with Gasteiger partial charge in [0.1, 0.15) is 0 Å². The predicted octanol–water partition coefficient (Wildman–Crippen LogP) is -0.302. The van der Waals surface area contributed by atoms with Crippen LogP contribution < -0.4 is 5.32 Å². The van der Waals surface area contributed by atoms with Crippen molar-refractivity contribution < 1.29 is 15.0 Å². The summed E-state index contributed by atoms with van der Waals surface area (Å²) < 4.78 is 0. The van der Waals surface area contributed by atoms with E-state index >= 15 is 0 Å². The summed E-state index contributed by atoms with van der Waals surface area (Å²) in [7, 11) is 0. The first-order valence-electron chi connectivity index (χ1n) is 3.46. The lowest BCUT2D eigenvalue weighted by atomic mass is 9.97. The lowest BCUT2D eigenvalue weighted by Crippen LogP contribution is -2.45. The molecule has 0 saturated carbocycles. The number of nitrogens with one attached hydrogen (secondary N) is 1. The molecule has 1 aliphatic rings. The van der Waals surface area contributed by atoms with E-state index in [0.717, 1.165) is 0 Å². The highest BCUT2D eigenvalue weighted by atomic mass is 16.3. The van der Waals surface area contributed by atoms with Crippen molar-refractivity contribution in [3.05, 3.63) is 11.5 Å². The monoisotopic (exact) mass is 157 g/mol. The molecule has 0 aromatic heterocycles. The fourth-order valence-electron chi connectivity index (χ4n) is 0.903. The first-order chi connectivity index (χ1) is 5.04. The van der Waals surface area contributed by atoms with Crippen molar-refractivity contribution in [3.63, 3.8) is 0 Å². The van der Waals surface area contributed by atoms with Crippen molar-refractivity contribution in [2.75, 3.05) is 0 Å². The number of rotatable bonds is 2. The standard InChI is InChI=1S/C7H11NO3/c1-3(2)8-4-5(9)7(11)6(4)10/h3,5,8-10H,1-2H3. The van der Waals surface area contributed by atoms with Gasteiger partial charge in [0, 0.05) is 6.04 Å². The van der Waals surface area contributed by atoms with E-state index < -0.39 is 11.9 Å². The minimum Gasteiger partial charge on any atom is -0.503 e. The van der Waals surface area contributed by atoms with Crippen molar-refractivity contribution in [2.24, 2.45) is 0 Å². The molecule has 4 heteroatoms. The molecule has 1 unspecified atom stereocenters. The van der Waals surface area contributed by atoms with Crippen LogP contribution in [-0.2, 0) is 4.79 Å². The van der Waals surface area contributed by atoms with E-state index in [1.54, 1.807) is 0 Å². The van der Waals surface area contributed by atoms with Crippen LogP contribution in [0.3, 0.4) is 0 Å². The summed E-state index contributed by atoms with van der Waals surface area (Å²) >= 11 is 0. The molecule has 0 radical (unpaired) electrons. The summed E-state index contributed by atoms with van der Waals surface area (Å²) in [6.45, 7) is 3.71. The van der Waals surface area contributed by atoms with E-state index in [1.165, 1.54) is 0 Å². The largest absolute Gasteiger partial charge is 0.503 e. The highest BCUT2D eigenvalue weighted by Gasteiger charge is 2.38. The maximum Gasteiger partial charge on any atom is 0.233 e. The van der Waals surface area contributed by atoms with Crippen LogP contribution in [-0.4, -0.2) is 28.1 Å². The molecular formula is C7H11NO3. The number of aliphatic hydroxyl groups excluding tert-OH is 2. The Balaban J connectivity index is 2.67. The van der Waals surface area contributed by atoms with Gasteiger partial charge in [-0.3, -0.25) is 4.79 Å². The molecule has 0 aliphatic heterocycles. The molecular weight excluding hydrogens is 146 g/mol. The SMILES string of the molecule is CC(C)NC1=C(O)C(=O)C1O. The molecule has 1 aliphatic carbocycles. The van der Waals surface area contributed by atoms with Crippen LogP contribution in [0.4, 0.5) is 0 Å². The van der Waals surface area contributed by atoms with Gasteiger partial charge in [-0.25, -0.2) is 0 Å². The highest BCUT2D eigenvalue weighted by molar-refractivity contribution is 6.06. The van der Waals surface area contributed by atoms with Crippen molar-refractivity contribution in [1.29, 1.82) is 0 Å². The van der Waals surface area contributed by atoms with Crippen molar-refractivity contribution in [2.45, 2.75) is 26.0 Å². The third kappa shape index (κ3) is 1.21. The van der Waals surface area contributed by atoms with E-state index in [2.05, 4.69) is 5.32 Å². The van der Waals surface area contributed by atoms with Crippen LogP contribution in [0.1, 0.15) is 13.8 Å². The molecule has 1 atom stereocenters. The van der Waals surface area contributed by atoms with Gasteiger partial charge in [0.05, 0.1) is 5.70 Å². The Kier molecular flexibility index (Phi) is 1.87. The van der Waals surface area contributed by atoms with Crippen LogP contribution in [0.15, 0.2) is 11.5 Å². The number of hydrogen-bond acceptors (Lipinski definition) is 4. The van der Waals surface area contributed by atoms with Crippen molar-refractivity contribution in [3.8, 4) is 0 Å². The zero-order valence-electron chi connectivity index (χ0n) is 6.46. The summed E-state index contributed by atoms with van der Waals surface area (Å²) in [4.78, 5) is 10.6. The molecule has 0 heterocycles. The summed E-state index contributed by atoms with van der Waals surface area (Å²) in [6.07, 6.45) is -1.14. The molecule has 0 aromatic carbocycles. The number of carbonyl (C=O) groups is 1. The van der Waals surface area contributed by atoms with Crippen LogP contribution in [0, 0.1) is 0 Å². The quantitative estimate of drug-likeness (QED) is 0.514. The second-order valence-electron chi connectivity index (χ2n) is 2.83. The third-order valence-electron chi connectivity index (χ3n) is 1.45. The molecule has 0 aromatic rings. The van der Waals surface area contributed by atoms with Gasteiger partial charge in [0.15, 0.2) is 11.9 Å². The van der Waals surface area contributed by atoms with Gasteiger partial charge in [-0.15, -0.1) is 0 Å². The Morgan fingerprint density at radius 1 is 1.55 bits per heavy atom. The highest BCUT2D eigenvalue weighted by Crippen LogP contribution is 2.19. The maximum absolute atomic E-state index is 10.6. The minimum atomic E-state index is -1.14. The van der Waals surface area contributed by atoms with E-state index in [9.17, 15) is 4.79 Å². The van der Waals surface area contributed by atoms with Gasteiger partial charge in [-0.1, -0.05) is 0 Å². The Bertz CT molecular complexity index is 220. The average Bonchev–Trinajstić information content (AvgIpc) is 1.98. The molecule has 4 nitrogen and oxygen atoms in total. The molecule has 0 amide bonds. The van der Waals surface area contributed by atoms with E-state index in [-0.39, 0.29) is 17.5 Å².